The van der Waals surface area contributed by atoms with E-state index in [1.54, 1.807) is 0 Å². The monoisotopic (exact) mass is 424 g/mol. The van der Waals surface area contributed by atoms with Crippen molar-refractivity contribution in [1.29, 1.82) is 0 Å². The molecule has 0 aliphatic carbocycles. The van der Waals surface area contributed by atoms with Gasteiger partial charge < -0.3 is 25.8 Å². The van der Waals surface area contributed by atoms with Gasteiger partial charge in [0, 0.05) is 19.6 Å². The largest absolute Gasteiger partial charge is 0.444 e. The molecule has 0 aromatic carbocycles. The molecule has 0 heterocycles. The third-order valence-electron chi connectivity index (χ3n) is 3.00. The number of nitrogens with one attached hydrogen (secondary N) is 2. The van der Waals surface area contributed by atoms with Crippen LogP contribution in [0.3, 0.4) is 0 Å². The first-order valence-corrected chi connectivity index (χ1v) is 10.1. The smallest absolute Gasteiger partial charge is 0.407 e. The number of hydrogen-bond donors (Lipinski definition) is 3. The number of carbonyl (C=O) groups is 2. The maximum atomic E-state index is 11.3. The SMILES string of the molecule is C#CCN(CC#C)CCCNC(=O)OC(C)(C)C.CC(C)(C)OC(=O)NCCCN. The summed E-state index contributed by atoms with van der Waals surface area (Å²) in [5, 5.41) is 5.29. The minimum atomic E-state index is -0.469. The van der Waals surface area contributed by atoms with Crippen LogP contribution in [0.4, 0.5) is 9.59 Å². The van der Waals surface area contributed by atoms with Crippen LogP contribution < -0.4 is 16.4 Å². The highest BCUT2D eigenvalue weighted by Gasteiger charge is 2.16. The molecule has 0 rings (SSSR count). The lowest BCUT2D eigenvalue weighted by Gasteiger charge is -2.20. The molecular formula is C22H40N4O4. The average Bonchev–Trinajstić information content (AvgIpc) is 2.57. The van der Waals surface area contributed by atoms with E-state index in [1.165, 1.54) is 0 Å². The second-order valence-corrected chi connectivity index (χ2v) is 8.47. The van der Waals surface area contributed by atoms with Crippen LogP contribution in [0.25, 0.3) is 0 Å². The Morgan fingerprint density at radius 3 is 1.60 bits per heavy atom. The number of carbonyl (C=O) groups excluding carboxylic acids is 2. The number of rotatable bonds is 9. The lowest BCUT2D eigenvalue weighted by Crippen LogP contribution is -2.34. The standard InChI is InChI=1S/C14H22N2O2.C8H18N2O2/c1-6-10-16(11-7-2)12-8-9-15-13(17)18-14(3,4)5;1-8(2,3)12-7(11)10-6-4-5-9/h1-2H,8-12H2,3-5H3,(H,15,17);4-6,9H2,1-3H3,(H,10,11). The number of hydrogen-bond acceptors (Lipinski definition) is 6. The Hall–Kier alpha value is -2.42. The molecule has 0 aromatic heterocycles. The van der Waals surface area contributed by atoms with E-state index in [4.69, 9.17) is 28.1 Å². The lowest BCUT2D eigenvalue weighted by atomic mass is 10.2. The summed E-state index contributed by atoms with van der Waals surface area (Å²) in [6, 6.07) is 0. The molecule has 0 spiro atoms. The van der Waals surface area contributed by atoms with Gasteiger partial charge in [-0.2, -0.15) is 0 Å². The van der Waals surface area contributed by atoms with Crippen LogP contribution in [0.1, 0.15) is 54.4 Å². The number of alkyl carbamates (subject to hydrolysis) is 2. The highest BCUT2D eigenvalue weighted by atomic mass is 16.6. The van der Waals surface area contributed by atoms with Gasteiger partial charge in [0.25, 0.3) is 0 Å². The molecule has 2 amide bonds. The molecule has 8 nitrogen and oxygen atoms in total. The third kappa shape index (κ3) is 23.6. The number of amides is 2. The van der Waals surface area contributed by atoms with Crippen LogP contribution in [-0.2, 0) is 9.47 Å². The van der Waals surface area contributed by atoms with Gasteiger partial charge in [-0.05, 0) is 60.9 Å². The topological polar surface area (TPSA) is 106 Å². The summed E-state index contributed by atoms with van der Waals surface area (Å²) in [7, 11) is 0. The van der Waals surface area contributed by atoms with Gasteiger partial charge in [0.1, 0.15) is 11.2 Å². The van der Waals surface area contributed by atoms with Gasteiger partial charge in [0.2, 0.25) is 0 Å². The van der Waals surface area contributed by atoms with Gasteiger partial charge in [-0.3, -0.25) is 4.90 Å². The Balaban J connectivity index is 0. The van der Waals surface area contributed by atoms with Crippen LogP contribution in [0.2, 0.25) is 0 Å². The first-order chi connectivity index (χ1) is 13.8. The molecule has 172 valence electrons. The minimum absolute atomic E-state index is 0.379. The summed E-state index contributed by atoms with van der Waals surface area (Å²) in [6.07, 6.45) is 11.2. The molecule has 4 N–H and O–H groups in total. The summed E-state index contributed by atoms with van der Waals surface area (Å²) in [6.45, 7) is 14.5. The molecule has 0 aliphatic heterocycles. The summed E-state index contributed by atoms with van der Waals surface area (Å²) in [5.74, 6) is 5.10. The Morgan fingerprint density at radius 1 is 0.867 bits per heavy atom. The number of ether oxygens (including phenoxy) is 2. The minimum Gasteiger partial charge on any atom is -0.444 e. The maximum absolute atomic E-state index is 11.3. The zero-order valence-electron chi connectivity index (χ0n) is 19.5. The molecule has 8 heteroatoms. The lowest BCUT2D eigenvalue weighted by molar-refractivity contribution is 0.0515. The second kappa shape index (κ2) is 16.4. The molecule has 0 bridgehead atoms. The molecule has 0 radical (unpaired) electrons. The van der Waals surface area contributed by atoms with Gasteiger partial charge >= 0.3 is 12.2 Å². The van der Waals surface area contributed by atoms with Crippen LogP contribution in [0, 0.1) is 24.7 Å². The fourth-order valence-electron chi connectivity index (χ4n) is 1.89. The summed E-state index contributed by atoms with van der Waals surface area (Å²) >= 11 is 0. The van der Waals surface area contributed by atoms with Crippen molar-refractivity contribution in [2.75, 3.05) is 39.3 Å². The van der Waals surface area contributed by atoms with E-state index in [0.717, 1.165) is 19.4 Å². The van der Waals surface area contributed by atoms with Gasteiger partial charge in [-0.15, -0.1) is 12.8 Å². The zero-order chi connectivity index (χ0) is 23.6. The normalized spacial score (nSPS) is 10.7. The van der Waals surface area contributed by atoms with Crippen LogP contribution in [0.5, 0.6) is 0 Å². The van der Waals surface area contributed by atoms with Crippen LogP contribution >= 0.6 is 0 Å². The van der Waals surface area contributed by atoms with Gasteiger partial charge in [-0.25, -0.2) is 9.59 Å². The Labute approximate surface area is 182 Å². The molecule has 30 heavy (non-hydrogen) atoms. The van der Waals surface area contributed by atoms with E-state index >= 15 is 0 Å². The van der Waals surface area contributed by atoms with Crippen LogP contribution in [-0.4, -0.2) is 67.6 Å². The van der Waals surface area contributed by atoms with Gasteiger partial charge in [0.15, 0.2) is 0 Å². The van der Waals surface area contributed by atoms with Gasteiger partial charge in [0.05, 0.1) is 13.1 Å². The number of nitrogens with zero attached hydrogens (tertiary/aromatic N) is 1. The molecular weight excluding hydrogens is 384 g/mol. The molecule has 0 saturated carbocycles. The molecule has 0 aromatic rings. The van der Waals surface area contributed by atoms with Crippen molar-refractivity contribution >= 4 is 12.2 Å². The first kappa shape index (κ1) is 29.8. The van der Waals surface area contributed by atoms with Gasteiger partial charge in [-0.1, -0.05) is 11.8 Å². The van der Waals surface area contributed by atoms with E-state index in [-0.39, 0.29) is 6.09 Å². The Kier molecular flexibility index (Phi) is 16.3. The molecule has 0 saturated heterocycles. The van der Waals surface area contributed by atoms with E-state index in [2.05, 4.69) is 22.5 Å². The van der Waals surface area contributed by atoms with E-state index in [9.17, 15) is 9.59 Å². The first-order valence-electron chi connectivity index (χ1n) is 10.1. The van der Waals surface area contributed by atoms with E-state index in [1.807, 2.05) is 46.4 Å². The highest BCUT2D eigenvalue weighted by Crippen LogP contribution is 2.06. The molecule has 0 fully saturated rings. The second-order valence-electron chi connectivity index (χ2n) is 8.47. The quantitative estimate of drug-likeness (QED) is 0.387. The molecule has 0 aliphatic rings. The Bertz CT molecular complexity index is 550. The predicted octanol–water partition coefficient (Wildman–Crippen LogP) is 2.33. The van der Waals surface area contributed by atoms with Crippen LogP contribution in [0.15, 0.2) is 0 Å². The van der Waals surface area contributed by atoms with Crippen molar-refractivity contribution < 1.29 is 19.1 Å². The number of terminal acetylenes is 2. The average molecular weight is 425 g/mol. The predicted molar refractivity (Wildman–Crippen MR) is 121 cm³/mol. The van der Waals surface area contributed by atoms with E-state index < -0.39 is 17.3 Å². The summed E-state index contributed by atoms with van der Waals surface area (Å²) in [5.41, 5.74) is 4.36. The Morgan fingerprint density at radius 2 is 1.27 bits per heavy atom. The zero-order valence-corrected chi connectivity index (χ0v) is 19.5. The third-order valence-corrected chi connectivity index (χ3v) is 3.00. The fourth-order valence-corrected chi connectivity index (χ4v) is 1.89. The van der Waals surface area contributed by atoms with E-state index in [0.29, 0.717) is 32.7 Å². The summed E-state index contributed by atoms with van der Waals surface area (Å²) < 4.78 is 10.1. The fraction of sp³-hybridized carbons (Fsp3) is 0.727. The van der Waals surface area contributed by atoms with Crippen molar-refractivity contribution in [3.05, 3.63) is 0 Å². The van der Waals surface area contributed by atoms with Crippen molar-refractivity contribution in [2.24, 2.45) is 5.73 Å². The summed E-state index contributed by atoms with van der Waals surface area (Å²) in [4.78, 5) is 24.3. The van der Waals surface area contributed by atoms with Crippen molar-refractivity contribution in [1.82, 2.24) is 15.5 Å². The maximum Gasteiger partial charge on any atom is 0.407 e. The van der Waals surface area contributed by atoms with Crippen molar-refractivity contribution in [3.63, 3.8) is 0 Å². The molecule has 0 atom stereocenters. The van der Waals surface area contributed by atoms with Crippen molar-refractivity contribution in [2.45, 2.75) is 65.6 Å². The van der Waals surface area contributed by atoms with Crippen molar-refractivity contribution in [3.8, 4) is 24.7 Å². The molecule has 0 unspecified atom stereocenters. The number of nitrogens with two attached hydrogens (primary N) is 1. The highest BCUT2D eigenvalue weighted by molar-refractivity contribution is 5.67.